The van der Waals surface area contributed by atoms with Crippen LogP contribution in [0.1, 0.15) is 27.2 Å². The minimum Gasteiger partial charge on any atom is -0.388 e. The van der Waals surface area contributed by atoms with Crippen LogP contribution in [0, 0.1) is 5.92 Å². The van der Waals surface area contributed by atoms with Gasteiger partial charge in [-0.05, 0) is 6.92 Å². The molecule has 0 bridgehead atoms. The molecule has 1 N–H and O–H groups in total. The second-order valence-electron chi connectivity index (χ2n) is 2.62. The molecule has 0 amide bonds. The van der Waals surface area contributed by atoms with Crippen LogP contribution in [0.15, 0.2) is 12.2 Å². The van der Waals surface area contributed by atoms with Crippen molar-refractivity contribution in [2.24, 2.45) is 5.92 Å². The van der Waals surface area contributed by atoms with Gasteiger partial charge in [-0.2, -0.15) is 0 Å². The van der Waals surface area contributed by atoms with Crippen molar-refractivity contribution in [3.05, 3.63) is 12.2 Å². The quantitative estimate of drug-likeness (QED) is 0.627. The van der Waals surface area contributed by atoms with Crippen molar-refractivity contribution in [1.82, 2.24) is 0 Å². The molecule has 0 radical (unpaired) electrons. The van der Waals surface area contributed by atoms with E-state index in [0.29, 0.717) is 6.42 Å². The second kappa shape index (κ2) is 5.08. The van der Waals surface area contributed by atoms with Gasteiger partial charge in [-0.3, -0.25) is 4.79 Å². The Morgan fingerprint density at radius 1 is 1.64 bits per heavy atom. The number of carbonyl (C=O) groups is 1. The van der Waals surface area contributed by atoms with Crippen LogP contribution in [0.25, 0.3) is 0 Å². The fourth-order valence-corrected chi connectivity index (χ4v) is 0.876. The average molecular weight is 156 g/mol. The molecule has 2 atom stereocenters. The molecule has 0 rings (SSSR count). The smallest absolute Gasteiger partial charge is 0.138 e. The van der Waals surface area contributed by atoms with E-state index in [2.05, 4.69) is 0 Å². The topological polar surface area (TPSA) is 37.3 Å². The molecule has 0 aliphatic heterocycles. The average Bonchev–Trinajstić information content (AvgIpc) is 2.02. The van der Waals surface area contributed by atoms with Crippen molar-refractivity contribution in [1.29, 1.82) is 0 Å². The monoisotopic (exact) mass is 156 g/mol. The van der Waals surface area contributed by atoms with E-state index in [9.17, 15) is 9.90 Å². The maximum atomic E-state index is 11.0. The lowest BCUT2D eigenvalue weighted by Crippen LogP contribution is -2.23. The molecule has 0 saturated carbocycles. The maximum absolute atomic E-state index is 11.0. The predicted molar refractivity (Wildman–Crippen MR) is 45.3 cm³/mol. The second-order valence-corrected chi connectivity index (χ2v) is 2.62. The highest BCUT2D eigenvalue weighted by atomic mass is 16.3. The summed E-state index contributed by atoms with van der Waals surface area (Å²) in [6.07, 6.45) is 3.27. The molecule has 64 valence electrons. The van der Waals surface area contributed by atoms with Gasteiger partial charge < -0.3 is 5.11 Å². The van der Waals surface area contributed by atoms with Crippen molar-refractivity contribution >= 4 is 5.78 Å². The van der Waals surface area contributed by atoms with Gasteiger partial charge in [0.05, 0.1) is 6.10 Å². The molecular weight excluding hydrogens is 140 g/mol. The van der Waals surface area contributed by atoms with E-state index in [1.807, 2.05) is 6.92 Å². The summed E-state index contributed by atoms with van der Waals surface area (Å²) in [5.41, 5.74) is 0. The third-order valence-corrected chi connectivity index (χ3v) is 1.76. The van der Waals surface area contributed by atoms with E-state index in [0.717, 1.165) is 0 Å². The number of hydrogen-bond acceptors (Lipinski definition) is 2. The van der Waals surface area contributed by atoms with Gasteiger partial charge in [0.2, 0.25) is 0 Å². The Bertz CT molecular complexity index is 150. The summed E-state index contributed by atoms with van der Waals surface area (Å²) in [5.74, 6) is -0.160. The first-order chi connectivity index (χ1) is 5.13. The lowest BCUT2D eigenvalue weighted by molar-refractivity contribution is -0.124. The van der Waals surface area contributed by atoms with Crippen LogP contribution in [0.4, 0.5) is 0 Å². The van der Waals surface area contributed by atoms with Crippen molar-refractivity contribution in [3.8, 4) is 0 Å². The zero-order valence-electron chi connectivity index (χ0n) is 7.37. The first kappa shape index (κ1) is 10.4. The van der Waals surface area contributed by atoms with Gasteiger partial charge in [0.1, 0.15) is 5.78 Å². The lowest BCUT2D eigenvalue weighted by atomic mass is 9.98. The molecule has 0 unspecified atom stereocenters. The fourth-order valence-electron chi connectivity index (χ4n) is 0.876. The fraction of sp³-hybridized carbons (Fsp3) is 0.667. The molecule has 2 nitrogen and oxygen atoms in total. The van der Waals surface area contributed by atoms with Gasteiger partial charge in [0.15, 0.2) is 0 Å². The van der Waals surface area contributed by atoms with Crippen LogP contribution in [0.3, 0.4) is 0 Å². The Morgan fingerprint density at radius 3 is 2.55 bits per heavy atom. The molecule has 11 heavy (non-hydrogen) atoms. The number of aliphatic hydroxyl groups is 1. The van der Waals surface area contributed by atoms with Gasteiger partial charge in [-0.25, -0.2) is 0 Å². The van der Waals surface area contributed by atoms with E-state index in [1.54, 1.807) is 26.0 Å². The van der Waals surface area contributed by atoms with E-state index in [-0.39, 0.29) is 11.7 Å². The van der Waals surface area contributed by atoms with Crippen LogP contribution in [0.2, 0.25) is 0 Å². The highest BCUT2D eigenvalue weighted by Gasteiger charge is 2.17. The first-order valence-corrected chi connectivity index (χ1v) is 3.97. The van der Waals surface area contributed by atoms with E-state index < -0.39 is 6.10 Å². The minimum atomic E-state index is -0.618. The van der Waals surface area contributed by atoms with Crippen LogP contribution >= 0.6 is 0 Å². The Balaban J connectivity index is 4.01. The maximum Gasteiger partial charge on any atom is 0.138 e. The molecule has 0 saturated heterocycles. The Labute approximate surface area is 67.9 Å². The van der Waals surface area contributed by atoms with Crippen molar-refractivity contribution < 1.29 is 9.90 Å². The van der Waals surface area contributed by atoms with Gasteiger partial charge in [-0.1, -0.05) is 26.0 Å². The molecule has 2 heteroatoms. The van der Waals surface area contributed by atoms with E-state index in [1.165, 1.54) is 0 Å². The van der Waals surface area contributed by atoms with Crippen molar-refractivity contribution in [2.45, 2.75) is 33.3 Å². The summed E-state index contributed by atoms with van der Waals surface area (Å²) in [4.78, 5) is 11.0. The molecule has 0 fully saturated rings. The highest BCUT2D eigenvalue weighted by molar-refractivity contribution is 5.81. The van der Waals surface area contributed by atoms with Crippen molar-refractivity contribution in [2.75, 3.05) is 0 Å². The number of aliphatic hydroxyl groups excluding tert-OH is 1. The van der Waals surface area contributed by atoms with Crippen molar-refractivity contribution in [3.63, 3.8) is 0 Å². The van der Waals surface area contributed by atoms with Gasteiger partial charge in [0, 0.05) is 12.3 Å². The first-order valence-electron chi connectivity index (χ1n) is 3.97. The summed E-state index contributed by atoms with van der Waals surface area (Å²) in [6, 6.07) is 0. The SMILES string of the molecule is C/C=C/[C@@H](O)[C@H](C)C(=O)CC. The van der Waals surface area contributed by atoms with Crippen LogP contribution in [0.5, 0.6) is 0 Å². The zero-order valence-corrected chi connectivity index (χ0v) is 7.37. The minimum absolute atomic E-state index is 0.107. The Hall–Kier alpha value is -0.630. The summed E-state index contributed by atoms with van der Waals surface area (Å²) in [6.45, 7) is 5.38. The molecule has 0 aromatic carbocycles. The Kier molecular flexibility index (Phi) is 4.79. The number of ketones is 1. The molecule has 0 aromatic rings. The highest BCUT2D eigenvalue weighted by Crippen LogP contribution is 2.07. The van der Waals surface area contributed by atoms with Crippen LogP contribution in [-0.4, -0.2) is 17.0 Å². The number of Topliss-reactive ketones (excluding diaryl/α,β-unsaturated/α-hetero) is 1. The van der Waals surface area contributed by atoms with Crippen LogP contribution in [-0.2, 0) is 4.79 Å². The standard InChI is InChI=1S/C9H16O2/c1-4-6-9(11)7(3)8(10)5-2/h4,6-7,9,11H,5H2,1-3H3/b6-4+/t7-,9-/m1/s1. The number of allylic oxidation sites excluding steroid dienone is 1. The van der Waals surface area contributed by atoms with Gasteiger partial charge in [0.25, 0.3) is 0 Å². The number of hydrogen-bond donors (Lipinski definition) is 1. The summed E-state index contributed by atoms with van der Waals surface area (Å²) in [5, 5.41) is 9.31. The molecule has 0 aromatic heterocycles. The van der Waals surface area contributed by atoms with Gasteiger partial charge in [-0.15, -0.1) is 0 Å². The molecule has 0 aliphatic carbocycles. The number of carbonyl (C=O) groups excluding carboxylic acids is 1. The largest absolute Gasteiger partial charge is 0.388 e. The third kappa shape index (κ3) is 3.33. The normalized spacial score (nSPS) is 16.7. The molecule has 0 heterocycles. The molecule has 0 spiro atoms. The zero-order chi connectivity index (χ0) is 8.85. The Morgan fingerprint density at radius 2 is 2.18 bits per heavy atom. The predicted octanol–water partition coefficient (Wildman–Crippen LogP) is 1.54. The number of rotatable bonds is 4. The van der Waals surface area contributed by atoms with E-state index >= 15 is 0 Å². The summed E-state index contributed by atoms with van der Waals surface area (Å²) >= 11 is 0. The van der Waals surface area contributed by atoms with Crippen LogP contribution < -0.4 is 0 Å². The molecule has 0 aliphatic rings. The third-order valence-electron chi connectivity index (χ3n) is 1.76. The lowest BCUT2D eigenvalue weighted by Gasteiger charge is -2.12. The molecular formula is C9H16O2. The summed E-state index contributed by atoms with van der Waals surface area (Å²) < 4.78 is 0. The van der Waals surface area contributed by atoms with E-state index in [4.69, 9.17) is 0 Å². The van der Waals surface area contributed by atoms with Gasteiger partial charge >= 0.3 is 0 Å². The summed E-state index contributed by atoms with van der Waals surface area (Å²) in [7, 11) is 0.